The number of carbonyl (C=O) groups excluding carboxylic acids is 1. The van der Waals surface area contributed by atoms with E-state index in [2.05, 4.69) is 0 Å². The van der Waals surface area contributed by atoms with Crippen LogP contribution in [-0.4, -0.2) is 17.5 Å². The third-order valence-corrected chi connectivity index (χ3v) is 3.18. The number of ketones is 1. The normalized spacial score (nSPS) is 10.2. The number of ether oxygens (including phenoxy) is 1. The summed E-state index contributed by atoms with van der Waals surface area (Å²) >= 11 is 1.41. The van der Waals surface area contributed by atoms with Crippen LogP contribution in [0.3, 0.4) is 0 Å². The van der Waals surface area contributed by atoms with E-state index in [4.69, 9.17) is 9.84 Å². The second-order valence-electron chi connectivity index (χ2n) is 3.49. The lowest BCUT2D eigenvalue weighted by Crippen LogP contribution is -2.09. The van der Waals surface area contributed by atoms with Crippen molar-refractivity contribution in [1.29, 1.82) is 0 Å². The maximum Gasteiger partial charge on any atom is 0.210 e. The molecule has 1 heterocycles. The van der Waals surface area contributed by atoms with Gasteiger partial charge in [-0.15, -0.1) is 11.3 Å². The predicted octanol–water partition coefficient (Wildman–Crippen LogP) is 2.50. The number of aliphatic hydroxyl groups is 1. The lowest BCUT2D eigenvalue weighted by atomic mass is 10.2. The summed E-state index contributed by atoms with van der Waals surface area (Å²) < 4.78 is 5.37. The summed E-state index contributed by atoms with van der Waals surface area (Å²) in [5.74, 6) is 0.610. The molecule has 0 unspecified atom stereocenters. The van der Waals surface area contributed by atoms with Gasteiger partial charge >= 0.3 is 0 Å². The maximum atomic E-state index is 11.6. The van der Waals surface area contributed by atoms with Crippen LogP contribution in [0.15, 0.2) is 41.8 Å². The van der Waals surface area contributed by atoms with Crippen LogP contribution in [0.1, 0.15) is 15.2 Å². The Labute approximate surface area is 103 Å². The Morgan fingerprint density at radius 3 is 2.59 bits per heavy atom. The molecule has 0 saturated carbocycles. The van der Waals surface area contributed by atoms with E-state index in [-0.39, 0.29) is 19.0 Å². The Morgan fingerprint density at radius 2 is 2.00 bits per heavy atom. The molecule has 4 heteroatoms. The van der Waals surface area contributed by atoms with Gasteiger partial charge in [-0.1, -0.05) is 18.2 Å². The van der Waals surface area contributed by atoms with E-state index in [1.165, 1.54) is 11.3 Å². The molecule has 0 bridgehead atoms. The summed E-state index contributed by atoms with van der Waals surface area (Å²) in [7, 11) is 0. The topological polar surface area (TPSA) is 46.5 Å². The number of thiophene rings is 1. The second kappa shape index (κ2) is 5.61. The molecule has 3 nitrogen and oxygen atoms in total. The molecular weight excluding hydrogens is 236 g/mol. The van der Waals surface area contributed by atoms with E-state index < -0.39 is 0 Å². The van der Waals surface area contributed by atoms with E-state index in [0.29, 0.717) is 10.6 Å². The first kappa shape index (κ1) is 11.8. The molecule has 1 N–H and O–H groups in total. The van der Waals surface area contributed by atoms with Crippen molar-refractivity contribution < 1.29 is 14.6 Å². The van der Waals surface area contributed by atoms with Gasteiger partial charge in [-0.3, -0.25) is 4.79 Å². The zero-order chi connectivity index (χ0) is 12.1. The minimum absolute atomic E-state index is 0.00834. The van der Waals surface area contributed by atoms with E-state index in [9.17, 15) is 4.79 Å². The standard InChI is InChI=1S/C13H12O3S/c14-8-10-3-5-11(6-4-10)16-9-12(15)13-2-1-7-17-13/h1-7,14H,8-9H2. The molecule has 2 aromatic rings. The van der Waals surface area contributed by atoms with Crippen molar-refractivity contribution in [3.63, 3.8) is 0 Å². The number of Topliss-reactive ketones (excluding diaryl/α,β-unsaturated/α-hetero) is 1. The fourth-order valence-electron chi connectivity index (χ4n) is 1.35. The lowest BCUT2D eigenvalue weighted by Gasteiger charge is -2.05. The first-order valence-corrected chi connectivity index (χ1v) is 6.07. The summed E-state index contributed by atoms with van der Waals surface area (Å²) in [4.78, 5) is 12.4. The molecule has 0 aliphatic heterocycles. The number of carbonyl (C=O) groups is 1. The number of aliphatic hydroxyl groups excluding tert-OH is 1. The Bertz CT molecular complexity index is 474. The van der Waals surface area contributed by atoms with Gasteiger partial charge in [-0.25, -0.2) is 0 Å². The van der Waals surface area contributed by atoms with Crippen LogP contribution in [0.2, 0.25) is 0 Å². The van der Waals surface area contributed by atoms with Gasteiger partial charge in [-0.2, -0.15) is 0 Å². The van der Waals surface area contributed by atoms with Gasteiger partial charge in [-0.05, 0) is 29.1 Å². The lowest BCUT2D eigenvalue weighted by molar-refractivity contribution is 0.0925. The Balaban J connectivity index is 1.91. The fraction of sp³-hybridized carbons (Fsp3) is 0.154. The van der Waals surface area contributed by atoms with Gasteiger partial charge in [0.1, 0.15) is 5.75 Å². The zero-order valence-electron chi connectivity index (χ0n) is 9.13. The quantitative estimate of drug-likeness (QED) is 0.827. The van der Waals surface area contributed by atoms with Crippen LogP contribution in [0, 0.1) is 0 Å². The van der Waals surface area contributed by atoms with Crippen molar-refractivity contribution in [3.05, 3.63) is 52.2 Å². The van der Waals surface area contributed by atoms with Crippen molar-refractivity contribution >= 4 is 17.1 Å². The third-order valence-electron chi connectivity index (χ3n) is 2.27. The maximum absolute atomic E-state index is 11.6. The average Bonchev–Trinajstić information content (AvgIpc) is 2.90. The van der Waals surface area contributed by atoms with Gasteiger partial charge in [0.15, 0.2) is 6.61 Å². The van der Waals surface area contributed by atoms with Gasteiger partial charge in [0, 0.05) is 0 Å². The van der Waals surface area contributed by atoms with E-state index in [0.717, 1.165) is 5.56 Å². The molecular formula is C13H12O3S. The minimum atomic E-state index is -0.0220. The van der Waals surface area contributed by atoms with Crippen molar-refractivity contribution in [1.82, 2.24) is 0 Å². The van der Waals surface area contributed by atoms with Crippen LogP contribution >= 0.6 is 11.3 Å². The van der Waals surface area contributed by atoms with Crippen LogP contribution in [0.4, 0.5) is 0 Å². The highest BCUT2D eigenvalue weighted by Gasteiger charge is 2.07. The van der Waals surface area contributed by atoms with Crippen LogP contribution in [0.5, 0.6) is 5.75 Å². The van der Waals surface area contributed by atoms with Crippen LogP contribution < -0.4 is 4.74 Å². The van der Waals surface area contributed by atoms with E-state index in [1.807, 2.05) is 11.4 Å². The summed E-state index contributed by atoms with van der Waals surface area (Å²) in [5.41, 5.74) is 0.821. The molecule has 0 radical (unpaired) electrons. The Morgan fingerprint density at radius 1 is 1.24 bits per heavy atom. The number of rotatable bonds is 5. The molecule has 0 fully saturated rings. The van der Waals surface area contributed by atoms with Crippen molar-refractivity contribution in [2.24, 2.45) is 0 Å². The van der Waals surface area contributed by atoms with E-state index >= 15 is 0 Å². The second-order valence-corrected chi connectivity index (χ2v) is 4.44. The smallest absolute Gasteiger partial charge is 0.210 e. The molecule has 0 aliphatic carbocycles. The molecule has 0 spiro atoms. The largest absolute Gasteiger partial charge is 0.485 e. The van der Waals surface area contributed by atoms with Crippen molar-refractivity contribution in [2.75, 3.05) is 6.61 Å². The first-order valence-electron chi connectivity index (χ1n) is 5.19. The average molecular weight is 248 g/mol. The highest BCUT2D eigenvalue weighted by molar-refractivity contribution is 7.12. The first-order chi connectivity index (χ1) is 8.29. The molecule has 88 valence electrons. The van der Waals surface area contributed by atoms with Crippen molar-refractivity contribution in [2.45, 2.75) is 6.61 Å². The third kappa shape index (κ3) is 3.15. The Kier molecular flexibility index (Phi) is 3.90. The minimum Gasteiger partial charge on any atom is -0.485 e. The molecule has 2 rings (SSSR count). The number of benzene rings is 1. The molecule has 0 amide bonds. The predicted molar refractivity (Wildman–Crippen MR) is 66.5 cm³/mol. The monoisotopic (exact) mass is 248 g/mol. The molecule has 1 aromatic heterocycles. The highest BCUT2D eigenvalue weighted by atomic mass is 32.1. The molecule has 1 aromatic carbocycles. The van der Waals surface area contributed by atoms with Crippen LogP contribution in [-0.2, 0) is 6.61 Å². The van der Waals surface area contributed by atoms with Gasteiger partial charge in [0.25, 0.3) is 0 Å². The molecule has 0 saturated heterocycles. The SMILES string of the molecule is O=C(COc1ccc(CO)cc1)c1cccs1. The molecule has 0 atom stereocenters. The van der Waals surface area contributed by atoms with Gasteiger partial charge in [0.05, 0.1) is 11.5 Å². The summed E-state index contributed by atoms with van der Waals surface area (Å²) in [6, 6.07) is 10.6. The number of hydrogen-bond acceptors (Lipinski definition) is 4. The summed E-state index contributed by atoms with van der Waals surface area (Å²) in [6.07, 6.45) is 0. The number of hydrogen-bond donors (Lipinski definition) is 1. The Hall–Kier alpha value is -1.65. The van der Waals surface area contributed by atoms with E-state index in [1.54, 1.807) is 30.3 Å². The highest BCUT2D eigenvalue weighted by Crippen LogP contribution is 2.14. The summed E-state index contributed by atoms with van der Waals surface area (Å²) in [5, 5.41) is 10.7. The fourth-order valence-corrected chi connectivity index (χ4v) is 2.00. The van der Waals surface area contributed by atoms with Crippen molar-refractivity contribution in [3.8, 4) is 5.75 Å². The molecule has 17 heavy (non-hydrogen) atoms. The summed E-state index contributed by atoms with van der Waals surface area (Å²) in [6.45, 7) is 0.0490. The molecule has 0 aliphatic rings. The zero-order valence-corrected chi connectivity index (χ0v) is 9.94. The van der Waals surface area contributed by atoms with Gasteiger partial charge < -0.3 is 9.84 Å². The van der Waals surface area contributed by atoms with Crippen LogP contribution in [0.25, 0.3) is 0 Å². The van der Waals surface area contributed by atoms with Gasteiger partial charge in [0.2, 0.25) is 5.78 Å².